The van der Waals surface area contributed by atoms with Gasteiger partial charge in [0.1, 0.15) is 5.00 Å². The Morgan fingerprint density at radius 1 is 1.47 bits per heavy atom. The number of carboxylic acid groups (broad SMARTS) is 1. The summed E-state index contributed by atoms with van der Waals surface area (Å²) in [6.45, 7) is 1.04. The van der Waals surface area contributed by atoms with Crippen molar-refractivity contribution in [3.63, 3.8) is 0 Å². The van der Waals surface area contributed by atoms with E-state index in [0.29, 0.717) is 18.2 Å². The lowest BCUT2D eigenvalue weighted by Gasteiger charge is -2.25. The number of urea groups is 1. The van der Waals surface area contributed by atoms with Crippen LogP contribution in [0.25, 0.3) is 0 Å². The lowest BCUT2D eigenvalue weighted by Crippen LogP contribution is -2.38. The molecular formula is C10H12N2O4S. The Labute approximate surface area is 102 Å². The first kappa shape index (κ1) is 11.9. The van der Waals surface area contributed by atoms with Crippen LogP contribution in [0, 0.1) is 0 Å². The molecule has 0 radical (unpaired) electrons. The fourth-order valence-corrected chi connectivity index (χ4v) is 2.26. The third-order valence-corrected chi connectivity index (χ3v) is 3.18. The SMILES string of the molecule is O=C(O)c1ccsc1NC(=O)N1CCCCO1. The van der Waals surface area contributed by atoms with Crippen molar-refractivity contribution in [1.82, 2.24) is 5.06 Å². The first-order valence-electron chi connectivity index (χ1n) is 5.20. The van der Waals surface area contributed by atoms with E-state index in [1.54, 1.807) is 5.38 Å². The zero-order chi connectivity index (χ0) is 12.3. The first-order valence-corrected chi connectivity index (χ1v) is 6.08. The highest BCUT2D eigenvalue weighted by Gasteiger charge is 2.20. The van der Waals surface area contributed by atoms with Gasteiger partial charge < -0.3 is 5.11 Å². The Hall–Kier alpha value is -1.60. The van der Waals surface area contributed by atoms with Crippen molar-refractivity contribution in [3.05, 3.63) is 17.0 Å². The highest BCUT2D eigenvalue weighted by Crippen LogP contribution is 2.23. The molecule has 1 aromatic heterocycles. The fraction of sp³-hybridized carbons (Fsp3) is 0.400. The summed E-state index contributed by atoms with van der Waals surface area (Å²) in [6, 6.07) is 1.04. The number of thiophene rings is 1. The lowest BCUT2D eigenvalue weighted by atomic mass is 10.3. The summed E-state index contributed by atoms with van der Waals surface area (Å²) in [5, 5.41) is 14.6. The molecule has 2 rings (SSSR count). The van der Waals surface area contributed by atoms with Crippen molar-refractivity contribution in [2.75, 3.05) is 18.5 Å². The molecule has 0 bridgehead atoms. The summed E-state index contributed by atoms with van der Waals surface area (Å²) in [7, 11) is 0. The van der Waals surface area contributed by atoms with Crippen LogP contribution in [0.4, 0.5) is 9.80 Å². The van der Waals surface area contributed by atoms with Gasteiger partial charge in [-0.2, -0.15) is 0 Å². The second-order valence-corrected chi connectivity index (χ2v) is 4.46. The van der Waals surface area contributed by atoms with Gasteiger partial charge in [0.05, 0.1) is 18.7 Å². The second-order valence-electron chi connectivity index (χ2n) is 3.54. The Morgan fingerprint density at radius 3 is 2.94 bits per heavy atom. The minimum atomic E-state index is -1.05. The van der Waals surface area contributed by atoms with Gasteiger partial charge in [0.15, 0.2) is 0 Å². The molecule has 0 saturated carbocycles. The molecule has 1 saturated heterocycles. The Morgan fingerprint density at radius 2 is 2.29 bits per heavy atom. The maximum Gasteiger partial charge on any atom is 0.346 e. The van der Waals surface area contributed by atoms with Crippen LogP contribution in [0.2, 0.25) is 0 Å². The van der Waals surface area contributed by atoms with Gasteiger partial charge in [0, 0.05) is 0 Å². The van der Waals surface area contributed by atoms with E-state index in [1.165, 1.54) is 22.5 Å². The largest absolute Gasteiger partial charge is 0.478 e. The average Bonchev–Trinajstić information content (AvgIpc) is 2.78. The monoisotopic (exact) mass is 256 g/mol. The van der Waals surface area contributed by atoms with Crippen LogP contribution >= 0.6 is 11.3 Å². The van der Waals surface area contributed by atoms with E-state index in [4.69, 9.17) is 9.94 Å². The minimum Gasteiger partial charge on any atom is -0.478 e. The van der Waals surface area contributed by atoms with E-state index in [9.17, 15) is 9.59 Å². The highest BCUT2D eigenvalue weighted by atomic mass is 32.1. The van der Waals surface area contributed by atoms with Gasteiger partial charge in [-0.25, -0.2) is 14.7 Å². The van der Waals surface area contributed by atoms with Gasteiger partial charge in [-0.05, 0) is 24.3 Å². The van der Waals surface area contributed by atoms with E-state index in [-0.39, 0.29) is 5.56 Å². The molecule has 2 amide bonds. The smallest absolute Gasteiger partial charge is 0.346 e. The van der Waals surface area contributed by atoms with Crippen molar-refractivity contribution < 1.29 is 19.5 Å². The quantitative estimate of drug-likeness (QED) is 0.848. The number of carbonyl (C=O) groups is 2. The zero-order valence-electron chi connectivity index (χ0n) is 9.01. The summed E-state index contributed by atoms with van der Waals surface area (Å²) < 4.78 is 0. The maximum atomic E-state index is 11.7. The molecule has 6 nitrogen and oxygen atoms in total. The first-order chi connectivity index (χ1) is 8.18. The van der Waals surface area contributed by atoms with Crippen LogP contribution in [0.5, 0.6) is 0 Å². The van der Waals surface area contributed by atoms with Crippen molar-refractivity contribution in [3.8, 4) is 0 Å². The zero-order valence-corrected chi connectivity index (χ0v) is 9.83. The molecule has 17 heavy (non-hydrogen) atoms. The van der Waals surface area contributed by atoms with Crippen LogP contribution in [0.1, 0.15) is 23.2 Å². The molecule has 0 spiro atoms. The van der Waals surface area contributed by atoms with Gasteiger partial charge >= 0.3 is 12.0 Å². The Balaban J connectivity index is 2.02. The van der Waals surface area contributed by atoms with Gasteiger partial charge in [-0.3, -0.25) is 10.2 Å². The second kappa shape index (κ2) is 5.15. The number of anilines is 1. The number of amides is 2. The number of hydroxylamine groups is 2. The summed E-state index contributed by atoms with van der Waals surface area (Å²) >= 11 is 1.18. The standard InChI is InChI=1S/C10H12N2O4S/c13-9(14)7-3-6-17-8(7)11-10(15)12-4-1-2-5-16-12/h3,6H,1-2,4-5H2,(H,11,15)(H,13,14). The van der Waals surface area contributed by atoms with Crippen molar-refractivity contribution >= 4 is 28.3 Å². The minimum absolute atomic E-state index is 0.0976. The Kier molecular flexibility index (Phi) is 3.60. The van der Waals surface area contributed by atoms with Crippen molar-refractivity contribution in [1.29, 1.82) is 0 Å². The van der Waals surface area contributed by atoms with Gasteiger partial charge in [-0.1, -0.05) is 0 Å². The molecule has 1 fully saturated rings. The number of nitrogens with one attached hydrogen (secondary N) is 1. The Bertz CT molecular complexity index is 426. The van der Waals surface area contributed by atoms with E-state index in [2.05, 4.69) is 5.32 Å². The van der Waals surface area contributed by atoms with E-state index < -0.39 is 12.0 Å². The molecule has 92 valence electrons. The van der Waals surface area contributed by atoms with Crippen molar-refractivity contribution in [2.24, 2.45) is 0 Å². The number of carboxylic acids is 1. The third-order valence-electron chi connectivity index (χ3n) is 2.35. The molecule has 0 aromatic carbocycles. The van der Waals surface area contributed by atoms with Gasteiger partial charge in [0.25, 0.3) is 0 Å². The molecule has 0 atom stereocenters. The molecular weight excluding hydrogens is 244 g/mol. The molecule has 2 heterocycles. The van der Waals surface area contributed by atoms with Crippen molar-refractivity contribution in [2.45, 2.75) is 12.8 Å². The molecule has 1 aliphatic rings. The number of carbonyl (C=O) groups excluding carboxylic acids is 1. The molecule has 0 aliphatic carbocycles. The van der Waals surface area contributed by atoms with E-state index >= 15 is 0 Å². The third kappa shape index (κ3) is 2.75. The van der Waals surface area contributed by atoms with Gasteiger partial charge in [0.2, 0.25) is 0 Å². The number of aromatic carboxylic acids is 1. The molecule has 1 aromatic rings. The predicted octanol–water partition coefficient (Wildman–Crippen LogP) is 2.01. The summed E-state index contributed by atoms with van der Waals surface area (Å²) in [5.74, 6) is -1.05. The van der Waals surface area contributed by atoms with E-state index in [0.717, 1.165) is 12.8 Å². The summed E-state index contributed by atoms with van der Waals surface area (Å²) in [5.41, 5.74) is 0.0976. The van der Waals surface area contributed by atoms with Crippen LogP contribution in [-0.2, 0) is 4.84 Å². The topological polar surface area (TPSA) is 78.9 Å². The van der Waals surface area contributed by atoms with E-state index in [1.807, 2.05) is 0 Å². The predicted molar refractivity (Wildman–Crippen MR) is 62.2 cm³/mol. The molecule has 7 heteroatoms. The number of hydrogen-bond donors (Lipinski definition) is 2. The van der Waals surface area contributed by atoms with Crippen LogP contribution in [-0.4, -0.2) is 35.3 Å². The molecule has 0 unspecified atom stereocenters. The molecule has 2 N–H and O–H groups in total. The number of hydrogen-bond acceptors (Lipinski definition) is 4. The highest BCUT2D eigenvalue weighted by molar-refractivity contribution is 7.14. The van der Waals surface area contributed by atoms with Crippen LogP contribution < -0.4 is 5.32 Å². The van der Waals surface area contributed by atoms with Crippen LogP contribution in [0.15, 0.2) is 11.4 Å². The molecule has 1 aliphatic heterocycles. The van der Waals surface area contributed by atoms with Crippen LogP contribution in [0.3, 0.4) is 0 Å². The maximum absolute atomic E-state index is 11.7. The summed E-state index contributed by atoms with van der Waals surface area (Å²) in [6.07, 6.45) is 1.83. The average molecular weight is 256 g/mol. The normalized spacial score (nSPS) is 15.6. The fourth-order valence-electron chi connectivity index (χ4n) is 1.49. The summed E-state index contributed by atoms with van der Waals surface area (Å²) in [4.78, 5) is 27.8. The number of rotatable bonds is 2. The number of nitrogens with zero attached hydrogens (tertiary/aromatic N) is 1. The lowest BCUT2D eigenvalue weighted by molar-refractivity contribution is -0.135. The van der Waals surface area contributed by atoms with Gasteiger partial charge in [-0.15, -0.1) is 11.3 Å².